The van der Waals surface area contributed by atoms with E-state index in [1.54, 1.807) is 7.05 Å². The van der Waals surface area contributed by atoms with Crippen LogP contribution < -0.4 is 16.0 Å². The van der Waals surface area contributed by atoms with E-state index in [4.69, 9.17) is 0 Å². The molecular weight excluding hydrogens is 487 g/mol. The second kappa shape index (κ2) is 11.9. The van der Waals surface area contributed by atoms with E-state index < -0.39 is 0 Å². The lowest BCUT2D eigenvalue weighted by atomic mass is 9.96. The zero-order valence-electron chi connectivity index (χ0n) is 17.9. The zero-order chi connectivity index (χ0) is 20.5. The number of halogens is 1. The summed E-state index contributed by atoms with van der Waals surface area (Å²) in [6.45, 7) is 4.39. The van der Waals surface area contributed by atoms with Crippen molar-refractivity contribution in [1.82, 2.24) is 16.0 Å². The van der Waals surface area contributed by atoms with Gasteiger partial charge in [0.2, 0.25) is 0 Å². The van der Waals surface area contributed by atoms with Gasteiger partial charge in [0.25, 0.3) is 5.91 Å². The monoisotopic (exact) mass is 520 g/mol. The summed E-state index contributed by atoms with van der Waals surface area (Å²) in [4.78, 5) is 16.4. The van der Waals surface area contributed by atoms with Crippen molar-refractivity contribution in [1.29, 1.82) is 0 Å². The minimum atomic E-state index is -0.00826. The molecule has 0 bridgehead atoms. The molecule has 0 aliphatic heterocycles. The van der Waals surface area contributed by atoms with Crippen molar-refractivity contribution >= 4 is 35.8 Å². The van der Waals surface area contributed by atoms with Crippen LogP contribution in [0, 0.1) is 0 Å². The normalized spacial score (nSPS) is 14.4. The van der Waals surface area contributed by atoms with Crippen LogP contribution in [0.1, 0.15) is 54.1 Å². The average molecular weight is 520 g/mol. The third-order valence-electron chi connectivity index (χ3n) is 5.55. The number of carbonyl (C=O) groups is 1. The first-order chi connectivity index (χ1) is 14.2. The SMILES string of the molecule is CCCCNC(=O)c1ccc(CNC(=NC)NCC2(c3ccccc3)CC2)cc1.I. The van der Waals surface area contributed by atoms with Gasteiger partial charge in [0, 0.05) is 37.7 Å². The zero-order valence-corrected chi connectivity index (χ0v) is 20.2. The van der Waals surface area contributed by atoms with E-state index in [-0.39, 0.29) is 35.3 Å². The number of amides is 1. The summed E-state index contributed by atoms with van der Waals surface area (Å²) in [5, 5.41) is 9.79. The Morgan fingerprint density at radius 2 is 1.70 bits per heavy atom. The van der Waals surface area contributed by atoms with Crippen LogP contribution in [0.3, 0.4) is 0 Å². The molecule has 30 heavy (non-hydrogen) atoms. The van der Waals surface area contributed by atoms with E-state index in [1.807, 2.05) is 24.3 Å². The molecule has 3 rings (SSSR count). The topological polar surface area (TPSA) is 65.5 Å². The standard InChI is InChI=1S/C24H32N4O.HI/c1-3-4-16-26-22(29)20-12-10-19(11-13-20)17-27-23(25-2)28-18-24(14-15-24)21-8-6-5-7-9-21;/h5-13H,3-4,14-18H2,1-2H3,(H,26,29)(H2,25,27,28);1H. The highest BCUT2D eigenvalue weighted by Gasteiger charge is 2.43. The van der Waals surface area contributed by atoms with Gasteiger partial charge in [-0.2, -0.15) is 0 Å². The highest BCUT2D eigenvalue weighted by Crippen LogP contribution is 2.47. The van der Waals surface area contributed by atoms with Crippen molar-refractivity contribution in [2.75, 3.05) is 20.1 Å². The predicted molar refractivity (Wildman–Crippen MR) is 135 cm³/mol. The smallest absolute Gasteiger partial charge is 0.251 e. The second-order valence-electron chi connectivity index (χ2n) is 7.73. The molecule has 2 aromatic rings. The molecule has 0 spiro atoms. The number of nitrogens with one attached hydrogen (secondary N) is 3. The van der Waals surface area contributed by atoms with Crippen LogP contribution in [-0.4, -0.2) is 32.0 Å². The fourth-order valence-electron chi connectivity index (χ4n) is 3.42. The summed E-state index contributed by atoms with van der Waals surface area (Å²) in [5.41, 5.74) is 3.45. The van der Waals surface area contributed by atoms with Gasteiger partial charge in [-0.15, -0.1) is 24.0 Å². The Labute approximate surface area is 197 Å². The van der Waals surface area contributed by atoms with E-state index in [0.717, 1.165) is 37.5 Å². The first-order valence-corrected chi connectivity index (χ1v) is 10.5. The molecule has 0 atom stereocenters. The van der Waals surface area contributed by atoms with Crippen molar-refractivity contribution in [2.24, 2.45) is 4.99 Å². The Kier molecular flexibility index (Phi) is 9.62. The Hall–Kier alpha value is -2.09. The summed E-state index contributed by atoms with van der Waals surface area (Å²) in [7, 11) is 1.79. The predicted octanol–water partition coefficient (Wildman–Crippen LogP) is 4.23. The Balaban J connectivity index is 0.00000320. The van der Waals surface area contributed by atoms with Gasteiger partial charge in [-0.1, -0.05) is 55.8 Å². The van der Waals surface area contributed by atoms with E-state index >= 15 is 0 Å². The van der Waals surface area contributed by atoms with Gasteiger partial charge in [0.1, 0.15) is 0 Å². The number of hydrogen-bond donors (Lipinski definition) is 3. The quantitative estimate of drug-likeness (QED) is 0.201. The fraction of sp³-hybridized carbons (Fsp3) is 0.417. The van der Waals surface area contributed by atoms with Gasteiger partial charge in [-0.3, -0.25) is 9.79 Å². The number of rotatable bonds is 9. The lowest BCUT2D eigenvalue weighted by Gasteiger charge is -2.19. The molecular formula is C24H33IN4O. The molecule has 1 fully saturated rings. The number of unbranched alkanes of at least 4 members (excludes halogenated alkanes) is 1. The second-order valence-corrected chi connectivity index (χ2v) is 7.73. The molecule has 0 radical (unpaired) electrons. The molecule has 1 aliphatic carbocycles. The molecule has 0 saturated heterocycles. The minimum absolute atomic E-state index is 0. The van der Waals surface area contributed by atoms with E-state index in [2.05, 4.69) is 58.2 Å². The third kappa shape index (κ3) is 6.72. The van der Waals surface area contributed by atoms with Crippen molar-refractivity contribution in [3.8, 4) is 0 Å². The first kappa shape index (κ1) is 24.2. The van der Waals surface area contributed by atoms with Crippen molar-refractivity contribution in [3.05, 3.63) is 71.3 Å². The summed E-state index contributed by atoms with van der Waals surface area (Å²) < 4.78 is 0. The average Bonchev–Trinajstić information content (AvgIpc) is 3.56. The number of benzene rings is 2. The first-order valence-electron chi connectivity index (χ1n) is 10.5. The number of hydrogen-bond acceptors (Lipinski definition) is 2. The van der Waals surface area contributed by atoms with Crippen LogP contribution in [0.2, 0.25) is 0 Å². The third-order valence-corrected chi connectivity index (χ3v) is 5.55. The maximum Gasteiger partial charge on any atom is 0.251 e. The Bertz CT molecular complexity index is 817. The molecule has 1 aliphatic rings. The molecule has 0 unspecified atom stereocenters. The van der Waals surface area contributed by atoms with Gasteiger partial charge in [-0.25, -0.2) is 0 Å². The maximum absolute atomic E-state index is 12.1. The molecule has 6 heteroatoms. The van der Waals surface area contributed by atoms with Gasteiger partial charge >= 0.3 is 0 Å². The van der Waals surface area contributed by atoms with E-state index in [0.29, 0.717) is 12.1 Å². The lowest BCUT2D eigenvalue weighted by molar-refractivity contribution is 0.0953. The summed E-state index contributed by atoms with van der Waals surface area (Å²) in [6.07, 6.45) is 4.50. The number of guanidine groups is 1. The molecule has 1 saturated carbocycles. The van der Waals surface area contributed by atoms with Gasteiger partial charge < -0.3 is 16.0 Å². The van der Waals surface area contributed by atoms with E-state index in [9.17, 15) is 4.79 Å². The van der Waals surface area contributed by atoms with Crippen LogP contribution in [0.25, 0.3) is 0 Å². The van der Waals surface area contributed by atoms with E-state index in [1.165, 1.54) is 18.4 Å². The van der Waals surface area contributed by atoms with Crippen molar-refractivity contribution in [3.63, 3.8) is 0 Å². The minimum Gasteiger partial charge on any atom is -0.356 e. The fourth-order valence-corrected chi connectivity index (χ4v) is 3.42. The number of aliphatic imine (C=N–C) groups is 1. The van der Waals surface area contributed by atoms with Gasteiger partial charge in [-0.05, 0) is 42.5 Å². The van der Waals surface area contributed by atoms with Crippen molar-refractivity contribution < 1.29 is 4.79 Å². The van der Waals surface area contributed by atoms with Crippen LogP contribution >= 0.6 is 24.0 Å². The number of nitrogens with zero attached hydrogens (tertiary/aromatic N) is 1. The Morgan fingerprint density at radius 3 is 2.30 bits per heavy atom. The largest absolute Gasteiger partial charge is 0.356 e. The van der Waals surface area contributed by atoms with Crippen LogP contribution in [0.4, 0.5) is 0 Å². The molecule has 3 N–H and O–H groups in total. The maximum atomic E-state index is 12.1. The lowest BCUT2D eigenvalue weighted by Crippen LogP contribution is -2.40. The van der Waals surface area contributed by atoms with Gasteiger partial charge in [0.15, 0.2) is 5.96 Å². The van der Waals surface area contributed by atoms with Crippen LogP contribution in [0.5, 0.6) is 0 Å². The van der Waals surface area contributed by atoms with Crippen molar-refractivity contribution in [2.45, 2.75) is 44.6 Å². The molecule has 162 valence electrons. The summed E-state index contributed by atoms with van der Waals surface area (Å²) in [6, 6.07) is 18.4. The molecule has 0 heterocycles. The van der Waals surface area contributed by atoms with Gasteiger partial charge in [0.05, 0.1) is 0 Å². The molecule has 2 aromatic carbocycles. The molecule has 5 nitrogen and oxygen atoms in total. The highest BCUT2D eigenvalue weighted by atomic mass is 127. The summed E-state index contributed by atoms with van der Waals surface area (Å²) in [5.74, 6) is 0.791. The summed E-state index contributed by atoms with van der Waals surface area (Å²) >= 11 is 0. The molecule has 1 amide bonds. The van der Waals surface area contributed by atoms with Crippen LogP contribution in [-0.2, 0) is 12.0 Å². The van der Waals surface area contributed by atoms with Crippen LogP contribution in [0.15, 0.2) is 59.6 Å². The highest BCUT2D eigenvalue weighted by molar-refractivity contribution is 14.0. The number of carbonyl (C=O) groups excluding carboxylic acids is 1. The Morgan fingerprint density at radius 1 is 1.00 bits per heavy atom. The molecule has 0 aromatic heterocycles.